The van der Waals surface area contributed by atoms with Gasteiger partial charge in [-0.3, -0.25) is 9.59 Å². The van der Waals surface area contributed by atoms with Gasteiger partial charge in [-0.05, 0) is 18.4 Å². The lowest BCUT2D eigenvalue weighted by Crippen LogP contribution is -2.43. The van der Waals surface area contributed by atoms with Crippen LogP contribution in [0.1, 0.15) is 50.1 Å². The Balaban J connectivity index is 1.67. The van der Waals surface area contributed by atoms with Gasteiger partial charge >= 0.3 is 0 Å². The van der Waals surface area contributed by atoms with E-state index in [9.17, 15) is 9.59 Å². The van der Waals surface area contributed by atoms with Gasteiger partial charge in [0.1, 0.15) is 0 Å². The average molecular weight is 303 g/mol. The van der Waals surface area contributed by atoms with E-state index in [1.54, 1.807) is 0 Å². The Morgan fingerprint density at radius 1 is 1.09 bits per heavy atom. The molecule has 1 fully saturated rings. The molecule has 0 radical (unpaired) electrons. The summed E-state index contributed by atoms with van der Waals surface area (Å²) in [7, 11) is 0. The van der Waals surface area contributed by atoms with E-state index in [4.69, 9.17) is 5.73 Å². The highest BCUT2D eigenvalue weighted by molar-refractivity contribution is 5.85. The van der Waals surface area contributed by atoms with Gasteiger partial charge in [0.25, 0.3) is 0 Å². The van der Waals surface area contributed by atoms with Crippen molar-refractivity contribution >= 4 is 11.8 Å². The molecule has 0 spiro atoms. The molecule has 2 rings (SSSR count). The molecule has 120 valence electrons. The Morgan fingerprint density at radius 3 is 2.45 bits per heavy atom. The minimum atomic E-state index is -0.345. The van der Waals surface area contributed by atoms with E-state index in [1.807, 2.05) is 30.3 Å². The van der Waals surface area contributed by atoms with Crippen molar-refractivity contribution in [1.82, 2.24) is 10.6 Å². The Labute approximate surface area is 131 Å². The molecule has 1 aliphatic rings. The molecule has 5 heteroatoms. The average Bonchev–Trinajstić information content (AvgIpc) is 2.55. The first-order chi connectivity index (χ1) is 10.6. The predicted molar refractivity (Wildman–Crippen MR) is 86.0 cm³/mol. The second-order valence-electron chi connectivity index (χ2n) is 5.90. The standard InChI is InChI=1S/C17H25N3O2/c18-15(13-7-3-1-4-8-13)11-16(21)19-12-17(22)20-14-9-5-2-6-10-14/h1,3-4,7-8,14-15H,2,5-6,9-12,18H2,(H,19,21)(H,20,22). The normalized spacial score (nSPS) is 16.8. The molecule has 1 aromatic rings. The van der Waals surface area contributed by atoms with Crippen LogP contribution in [0, 0.1) is 0 Å². The highest BCUT2D eigenvalue weighted by atomic mass is 16.2. The first-order valence-electron chi connectivity index (χ1n) is 8.02. The number of carbonyl (C=O) groups excluding carboxylic acids is 2. The van der Waals surface area contributed by atoms with Crippen LogP contribution in [-0.4, -0.2) is 24.4 Å². The summed E-state index contributed by atoms with van der Waals surface area (Å²) in [4.78, 5) is 23.7. The van der Waals surface area contributed by atoms with Gasteiger partial charge in [-0.2, -0.15) is 0 Å². The van der Waals surface area contributed by atoms with Gasteiger partial charge < -0.3 is 16.4 Å². The van der Waals surface area contributed by atoms with Gasteiger partial charge in [-0.25, -0.2) is 0 Å². The molecule has 0 aliphatic heterocycles. The molecule has 2 amide bonds. The van der Waals surface area contributed by atoms with Gasteiger partial charge in [-0.15, -0.1) is 0 Å². The van der Waals surface area contributed by atoms with Gasteiger partial charge in [-0.1, -0.05) is 49.6 Å². The van der Waals surface area contributed by atoms with Crippen LogP contribution >= 0.6 is 0 Å². The number of nitrogens with one attached hydrogen (secondary N) is 2. The number of amides is 2. The largest absolute Gasteiger partial charge is 0.352 e. The Bertz CT molecular complexity index is 484. The monoisotopic (exact) mass is 303 g/mol. The lowest BCUT2D eigenvalue weighted by molar-refractivity contribution is -0.126. The summed E-state index contributed by atoms with van der Waals surface area (Å²) < 4.78 is 0. The third-order valence-electron chi connectivity index (χ3n) is 4.05. The van der Waals surface area contributed by atoms with Crippen molar-refractivity contribution < 1.29 is 9.59 Å². The molecule has 1 unspecified atom stereocenters. The Morgan fingerprint density at radius 2 is 1.77 bits per heavy atom. The highest BCUT2D eigenvalue weighted by Gasteiger charge is 2.16. The fourth-order valence-corrected chi connectivity index (χ4v) is 2.79. The van der Waals surface area contributed by atoms with Crippen LogP contribution in [0.2, 0.25) is 0 Å². The third kappa shape index (κ3) is 5.48. The smallest absolute Gasteiger partial charge is 0.239 e. The van der Waals surface area contributed by atoms with Crippen molar-refractivity contribution in [2.75, 3.05) is 6.54 Å². The van der Waals surface area contributed by atoms with Crippen molar-refractivity contribution in [3.8, 4) is 0 Å². The van der Waals surface area contributed by atoms with E-state index in [0.29, 0.717) is 0 Å². The molecular formula is C17H25N3O2. The number of benzene rings is 1. The zero-order valence-corrected chi connectivity index (χ0v) is 12.9. The Hall–Kier alpha value is -1.88. The molecule has 0 aromatic heterocycles. The summed E-state index contributed by atoms with van der Waals surface area (Å²) in [5.41, 5.74) is 6.91. The lowest BCUT2D eigenvalue weighted by Gasteiger charge is -2.22. The van der Waals surface area contributed by atoms with Crippen molar-refractivity contribution in [3.05, 3.63) is 35.9 Å². The zero-order chi connectivity index (χ0) is 15.8. The molecular weight excluding hydrogens is 278 g/mol. The lowest BCUT2D eigenvalue weighted by atomic mass is 9.95. The van der Waals surface area contributed by atoms with Crippen LogP contribution in [0.3, 0.4) is 0 Å². The zero-order valence-electron chi connectivity index (χ0n) is 12.9. The van der Waals surface area contributed by atoms with E-state index in [2.05, 4.69) is 10.6 Å². The van der Waals surface area contributed by atoms with Crippen molar-refractivity contribution in [2.24, 2.45) is 5.73 Å². The third-order valence-corrected chi connectivity index (χ3v) is 4.05. The number of hydrogen-bond donors (Lipinski definition) is 3. The molecule has 22 heavy (non-hydrogen) atoms. The highest BCUT2D eigenvalue weighted by Crippen LogP contribution is 2.17. The van der Waals surface area contributed by atoms with Crippen LogP contribution in [0.15, 0.2) is 30.3 Å². The van der Waals surface area contributed by atoms with E-state index in [1.165, 1.54) is 19.3 Å². The van der Waals surface area contributed by atoms with Crippen LogP contribution in [-0.2, 0) is 9.59 Å². The molecule has 5 nitrogen and oxygen atoms in total. The maximum absolute atomic E-state index is 11.9. The van der Waals surface area contributed by atoms with Gasteiger partial charge in [0, 0.05) is 18.5 Å². The van der Waals surface area contributed by atoms with Crippen LogP contribution < -0.4 is 16.4 Å². The minimum Gasteiger partial charge on any atom is -0.352 e. The van der Waals surface area contributed by atoms with E-state index in [-0.39, 0.29) is 36.9 Å². The number of nitrogens with two attached hydrogens (primary N) is 1. The topological polar surface area (TPSA) is 84.2 Å². The molecule has 1 atom stereocenters. The quantitative estimate of drug-likeness (QED) is 0.747. The summed E-state index contributed by atoms with van der Waals surface area (Å²) >= 11 is 0. The number of rotatable bonds is 6. The van der Waals surface area contributed by atoms with E-state index >= 15 is 0 Å². The predicted octanol–water partition coefficient (Wildman–Crippen LogP) is 1.64. The Kier molecular flexibility index (Phi) is 6.40. The molecule has 1 saturated carbocycles. The molecule has 0 heterocycles. The second kappa shape index (κ2) is 8.54. The van der Waals surface area contributed by atoms with Gasteiger partial charge in [0.2, 0.25) is 11.8 Å². The van der Waals surface area contributed by atoms with Crippen LogP contribution in [0.5, 0.6) is 0 Å². The first-order valence-corrected chi connectivity index (χ1v) is 8.02. The summed E-state index contributed by atoms with van der Waals surface area (Å²) in [6, 6.07) is 9.41. The van der Waals surface area contributed by atoms with Gasteiger partial charge in [0.05, 0.1) is 6.54 Å². The van der Waals surface area contributed by atoms with Crippen LogP contribution in [0.4, 0.5) is 0 Å². The summed E-state index contributed by atoms with van der Waals surface area (Å²) in [5.74, 6) is -0.316. The maximum atomic E-state index is 11.9. The van der Waals surface area contributed by atoms with Gasteiger partial charge in [0.15, 0.2) is 0 Å². The SMILES string of the molecule is NC(CC(=O)NCC(=O)NC1CCCCC1)c1ccccc1. The maximum Gasteiger partial charge on any atom is 0.239 e. The summed E-state index contributed by atoms with van der Waals surface area (Å²) in [5, 5.41) is 5.62. The first kappa shape index (κ1) is 16.5. The number of hydrogen-bond acceptors (Lipinski definition) is 3. The van der Waals surface area contributed by atoms with Crippen LogP contribution in [0.25, 0.3) is 0 Å². The van der Waals surface area contributed by atoms with E-state index < -0.39 is 0 Å². The minimum absolute atomic E-state index is 0.0246. The fourth-order valence-electron chi connectivity index (χ4n) is 2.79. The second-order valence-corrected chi connectivity index (χ2v) is 5.90. The number of carbonyl (C=O) groups is 2. The molecule has 1 aromatic carbocycles. The molecule has 0 saturated heterocycles. The van der Waals surface area contributed by atoms with Crippen molar-refractivity contribution in [3.63, 3.8) is 0 Å². The summed E-state index contributed by atoms with van der Waals surface area (Å²) in [6.45, 7) is 0.0246. The van der Waals surface area contributed by atoms with E-state index in [0.717, 1.165) is 18.4 Å². The molecule has 1 aliphatic carbocycles. The molecule has 4 N–H and O–H groups in total. The summed E-state index contributed by atoms with van der Waals surface area (Å²) in [6.07, 6.45) is 5.85. The van der Waals surface area contributed by atoms with Crippen molar-refractivity contribution in [1.29, 1.82) is 0 Å². The van der Waals surface area contributed by atoms with Crippen molar-refractivity contribution in [2.45, 2.75) is 50.6 Å². The molecule has 0 bridgehead atoms. The fraction of sp³-hybridized carbons (Fsp3) is 0.529.